The number of H-pyrrole nitrogens is 1. The zero-order valence-electron chi connectivity index (χ0n) is 14.9. The van der Waals surface area contributed by atoms with Crippen LogP contribution in [0, 0.1) is 5.82 Å². The lowest BCUT2D eigenvalue weighted by Crippen LogP contribution is -2.37. The van der Waals surface area contributed by atoms with Crippen molar-refractivity contribution in [3.63, 3.8) is 0 Å². The summed E-state index contributed by atoms with van der Waals surface area (Å²) in [6, 6.07) is 12.9. The van der Waals surface area contributed by atoms with Crippen molar-refractivity contribution in [1.82, 2.24) is 10.3 Å². The molecule has 3 aromatic rings. The highest BCUT2D eigenvalue weighted by Gasteiger charge is 2.11. The predicted octanol–water partition coefficient (Wildman–Crippen LogP) is 2.90. The molecule has 0 aliphatic heterocycles. The van der Waals surface area contributed by atoms with Crippen LogP contribution in [-0.4, -0.2) is 30.0 Å². The molecule has 0 spiro atoms. The first kappa shape index (κ1) is 18.9. The molecule has 0 aliphatic rings. The van der Waals surface area contributed by atoms with Crippen LogP contribution in [0.15, 0.2) is 48.5 Å². The number of halogens is 1. The van der Waals surface area contributed by atoms with Gasteiger partial charge in [0, 0.05) is 29.6 Å². The number of nitrogens with two attached hydrogens (primary N) is 2. The lowest BCUT2D eigenvalue weighted by atomic mass is 10.1. The summed E-state index contributed by atoms with van der Waals surface area (Å²) in [7, 11) is 0. The molecule has 0 saturated heterocycles. The number of benzene rings is 2. The lowest BCUT2D eigenvalue weighted by Gasteiger charge is -2.11. The molecule has 1 amide bonds. The normalized spacial score (nSPS) is 12.1. The van der Waals surface area contributed by atoms with Crippen LogP contribution in [0.5, 0.6) is 11.5 Å². The Bertz CT molecular complexity index is 908. The van der Waals surface area contributed by atoms with Gasteiger partial charge in [0.25, 0.3) is 5.91 Å². The number of rotatable bonds is 8. The van der Waals surface area contributed by atoms with E-state index < -0.39 is 0 Å². The molecule has 7 heteroatoms. The van der Waals surface area contributed by atoms with E-state index in [1.165, 1.54) is 12.1 Å². The molecule has 0 aliphatic carbocycles. The van der Waals surface area contributed by atoms with Crippen molar-refractivity contribution in [3.05, 3.63) is 60.0 Å². The molecular formula is C20H23FN4O2. The number of ether oxygens (including phenoxy) is 1. The molecule has 1 aromatic heterocycles. The van der Waals surface area contributed by atoms with E-state index in [1.807, 2.05) is 6.07 Å². The maximum atomic E-state index is 13.0. The fourth-order valence-electron chi connectivity index (χ4n) is 2.73. The number of hydrogen-bond donors (Lipinski definition) is 4. The van der Waals surface area contributed by atoms with Crippen LogP contribution in [0.25, 0.3) is 10.9 Å². The molecule has 0 bridgehead atoms. The first-order valence-corrected chi connectivity index (χ1v) is 8.85. The van der Waals surface area contributed by atoms with Gasteiger partial charge in [-0.25, -0.2) is 4.39 Å². The largest absolute Gasteiger partial charge is 0.457 e. The minimum absolute atomic E-state index is 0.113. The van der Waals surface area contributed by atoms with Crippen molar-refractivity contribution in [2.45, 2.75) is 18.9 Å². The van der Waals surface area contributed by atoms with E-state index in [4.69, 9.17) is 16.2 Å². The zero-order valence-corrected chi connectivity index (χ0v) is 14.9. The van der Waals surface area contributed by atoms with Crippen molar-refractivity contribution in [3.8, 4) is 11.5 Å². The molecular weight excluding hydrogens is 347 g/mol. The standard InChI is InChI=1S/C20H23FN4O2/c21-14-4-7-16(8-5-14)27-17-6-3-13-10-19(25-18(13)11-17)20(26)24-12-15(23)2-1-9-22/h3-8,10-11,15,25H,1-2,9,12,22-23H2,(H,24,26)/t15-/m0/s1. The van der Waals surface area contributed by atoms with Gasteiger partial charge in [-0.05, 0) is 61.9 Å². The number of nitrogens with one attached hydrogen (secondary N) is 2. The summed E-state index contributed by atoms with van der Waals surface area (Å²) in [5.74, 6) is 0.592. The van der Waals surface area contributed by atoms with Crippen LogP contribution < -0.4 is 21.5 Å². The SMILES string of the molecule is NCCC[C@H](N)CNC(=O)c1cc2ccc(Oc3ccc(F)cc3)cc2[nH]1. The van der Waals surface area contributed by atoms with Gasteiger partial charge in [0.05, 0.1) is 0 Å². The highest BCUT2D eigenvalue weighted by molar-refractivity contribution is 5.98. The number of carbonyl (C=O) groups is 1. The third-order valence-corrected chi connectivity index (χ3v) is 4.19. The average molecular weight is 370 g/mol. The number of amides is 1. The predicted molar refractivity (Wildman–Crippen MR) is 103 cm³/mol. The lowest BCUT2D eigenvalue weighted by molar-refractivity contribution is 0.0946. The van der Waals surface area contributed by atoms with Gasteiger partial charge in [-0.15, -0.1) is 0 Å². The number of aromatic nitrogens is 1. The van der Waals surface area contributed by atoms with Gasteiger partial charge in [0.1, 0.15) is 23.0 Å². The number of hydrogen-bond acceptors (Lipinski definition) is 4. The van der Waals surface area contributed by atoms with Crippen LogP contribution in [0.4, 0.5) is 4.39 Å². The highest BCUT2D eigenvalue weighted by atomic mass is 19.1. The van der Waals surface area contributed by atoms with Crippen molar-refractivity contribution in [2.75, 3.05) is 13.1 Å². The Morgan fingerprint density at radius 2 is 1.89 bits per heavy atom. The van der Waals surface area contributed by atoms with Crippen LogP contribution in [0.2, 0.25) is 0 Å². The smallest absolute Gasteiger partial charge is 0.267 e. The van der Waals surface area contributed by atoms with Gasteiger partial charge in [-0.1, -0.05) is 0 Å². The Morgan fingerprint density at radius 3 is 2.63 bits per heavy atom. The summed E-state index contributed by atoms with van der Waals surface area (Å²) in [5, 5.41) is 3.71. The van der Waals surface area contributed by atoms with Gasteiger partial charge >= 0.3 is 0 Å². The van der Waals surface area contributed by atoms with Crippen molar-refractivity contribution < 1.29 is 13.9 Å². The number of fused-ring (bicyclic) bond motifs is 1. The molecule has 142 valence electrons. The molecule has 6 nitrogen and oxygen atoms in total. The van der Waals surface area contributed by atoms with Crippen LogP contribution in [0.1, 0.15) is 23.3 Å². The van der Waals surface area contributed by atoms with Gasteiger partial charge in [0.15, 0.2) is 0 Å². The summed E-state index contributed by atoms with van der Waals surface area (Å²) in [6.07, 6.45) is 1.60. The minimum atomic E-state index is -0.319. The van der Waals surface area contributed by atoms with Gasteiger partial charge in [0.2, 0.25) is 0 Å². The summed E-state index contributed by atoms with van der Waals surface area (Å²) >= 11 is 0. The van der Waals surface area contributed by atoms with E-state index in [2.05, 4.69) is 10.3 Å². The number of carbonyl (C=O) groups excluding carboxylic acids is 1. The second-order valence-corrected chi connectivity index (χ2v) is 6.39. The third-order valence-electron chi connectivity index (χ3n) is 4.19. The Kier molecular flexibility index (Phi) is 6.05. The highest BCUT2D eigenvalue weighted by Crippen LogP contribution is 2.26. The summed E-state index contributed by atoms with van der Waals surface area (Å²) < 4.78 is 18.7. The first-order valence-electron chi connectivity index (χ1n) is 8.85. The summed E-state index contributed by atoms with van der Waals surface area (Å²) in [5.41, 5.74) is 12.6. The fraction of sp³-hybridized carbons (Fsp3) is 0.250. The molecule has 0 saturated carbocycles. The second kappa shape index (κ2) is 8.66. The molecule has 6 N–H and O–H groups in total. The molecule has 2 aromatic carbocycles. The van der Waals surface area contributed by atoms with Crippen molar-refractivity contribution >= 4 is 16.8 Å². The Morgan fingerprint density at radius 1 is 1.15 bits per heavy atom. The maximum Gasteiger partial charge on any atom is 0.267 e. The van der Waals surface area contributed by atoms with Gasteiger partial charge in [-0.2, -0.15) is 0 Å². The van der Waals surface area contributed by atoms with Gasteiger partial charge < -0.3 is 26.5 Å². The first-order chi connectivity index (χ1) is 13.0. The molecule has 27 heavy (non-hydrogen) atoms. The van der Waals surface area contributed by atoms with E-state index in [9.17, 15) is 9.18 Å². The Labute approximate surface area is 156 Å². The molecule has 0 unspecified atom stereocenters. The van der Waals surface area contributed by atoms with Gasteiger partial charge in [-0.3, -0.25) is 4.79 Å². The Balaban J connectivity index is 1.66. The molecule has 1 heterocycles. The molecule has 0 fully saturated rings. The van der Waals surface area contributed by atoms with E-state index in [0.29, 0.717) is 30.3 Å². The third kappa shape index (κ3) is 5.06. The van der Waals surface area contributed by atoms with E-state index in [1.54, 1.807) is 30.3 Å². The fourth-order valence-corrected chi connectivity index (χ4v) is 2.73. The molecule has 3 rings (SSSR count). The molecule has 0 radical (unpaired) electrons. The van der Waals surface area contributed by atoms with Crippen LogP contribution in [-0.2, 0) is 0 Å². The topological polar surface area (TPSA) is 106 Å². The second-order valence-electron chi connectivity index (χ2n) is 6.39. The quantitative estimate of drug-likeness (QED) is 0.489. The van der Waals surface area contributed by atoms with Crippen molar-refractivity contribution in [1.29, 1.82) is 0 Å². The van der Waals surface area contributed by atoms with E-state index >= 15 is 0 Å². The van der Waals surface area contributed by atoms with E-state index in [0.717, 1.165) is 23.7 Å². The number of aromatic amines is 1. The monoisotopic (exact) mass is 370 g/mol. The van der Waals surface area contributed by atoms with E-state index in [-0.39, 0.29) is 17.8 Å². The molecule has 1 atom stereocenters. The zero-order chi connectivity index (χ0) is 19.2. The van der Waals surface area contributed by atoms with Crippen LogP contribution >= 0.6 is 0 Å². The Hall–Kier alpha value is -2.90. The van der Waals surface area contributed by atoms with Crippen molar-refractivity contribution in [2.24, 2.45) is 11.5 Å². The minimum Gasteiger partial charge on any atom is -0.457 e. The average Bonchev–Trinajstić information content (AvgIpc) is 3.09. The summed E-state index contributed by atoms with van der Waals surface area (Å²) in [4.78, 5) is 15.4. The summed E-state index contributed by atoms with van der Waals surface area (Å²) in [6.45, 7) is 0.985. The van der Waals surface area contributed by atoms with Crippen LogP contribution in [0.3, 0.4) is 0 Å². The maximum absolute atomic E-state index is 13.0.